The van der Waals surface area contributed by atoms with Gasteiger partial charge in [0.25, 0.3) is 0 Å². The molecule has 0 radical (unpaired) electrons. The summed E-state index contributed by atoms with van der Waals surface area (Å²) >= 11 is 3.97. The van der Waals surface area contributed by atoms with Gasteiger partial charge in [-0.3, -0.25) is 42.6 Å². The summed E-state index contributed by atoms with van der Waals surface area (Å²) in [5.74, 6) is -5.14. The highest BCUT2D eigenvalue weighted by Gasteiger charge is 2.38. The molecule has 7 amide bonds. The lowest BCUT2D eigenvalue weighted by molar-refractivity contribution is -0.140. The zero-order chi connectivity index (χ0) is 45.7. The molecular weight excluding hydrogens is 847 g/mol. The van der Waals surface area contributed by atoms with Crippen LogP contribution in [0.5, 0.6) is 0 Å². The Morgan fingerprint density at radius 1 is 0.967 bits per heavy atom. The van der Waals surface area contributed by atoms with Crippen molar-refractivity contribution in [1.29, 1.82) is 0 Å². The van der Waals surface area contributed by atoms with E-state index >= 15 is 0 Å². The zero-order valence-electron chi connectivity index (χ0n) is 34.7. The Kier molecular flexibility index (Phi) is 23.4. The summed E-state index contributed by atoms with van der Waals surface area (Å²) in [6.45, 7) is 5.10. The molecule has 1 aliphatic heterocycles. The van der Waals surface area contributed by atoms with E-state index in [1.54, 1.807) is 0 Å². The fraction of sp³-hybridized carbons (Fsp3) is 0.714. The van der Waals surface area contributed by atoms with Gasteiger partial charge in [0.15, 0.2) is 0 Å². The first-order valence-electron chi connectivity index (χ1n) is 19.6. The summed E-state index contributed by atoms with van der Waals surface area (Å²) in [6, 6.07) is -7.56. The number of imidazole rings is 1. The number of ether oxygens (including phenoxy) is 2. The molecule has 1 aliphatic rings. The van der Waals surface area contributed by atoms with Crippen molar-refractivity contribution >= 4 is 61.8 Å². The Morgan fingerprint density at radius 2 is 1.61 bits per heavy atom. The third-order valence-corrected chi connectivity index (χ3v) is 10.6. The summed E-state index contributed by atoms with van der Waals surface area (Å²) < 4.78 is 31.9. The number of hydrogen-bond donors (Lipinski definition) is 11. The number of rotatable bonds is 29. The monoisotopic (exact) mass is 908 g/mol. The predicted octanol–water partition coefficient (Wildman–Crippen LogP) is -3.65. The fourth-order valence-electron chi connectivity index (χ4n) is 5.95. The Morgan fingerprint density at radius 3 is 2.20 bits per heavy atom. The van der Waals surface area contributed by atoms with Gasteiger partial charge < -0.3 is 67.4 Å². The molecular formula is C35H61N10O14PS. The number of nitrogens with one attached hydrogen (secondary N) is 6. The van der Waals surface area contributed by atoms with E-state index in [2.05, 4.69) is 53.7 Å². The van der Waals surface area contributed by atoms with Crippen molar-refractivity contribution in [3.05, 3.63) is 18.2 Å². The van der Waals surface area contributed by atoms with E-state index in [4.69, 9.17) is 25.5 Å². The van der Waals surface area contributed by atoms with Crippen LogP contribution < -0.4 is 38.1 Å². The van der Waals surface area contributed by atoms with E-state index in [1.165, 1.54) is 17.4 Å². The van der Waals surface area contributed by atoms with Gasteiger partial charge in [-0.15, -0.1) is 0 Å². The molecule has 0 saturated carbocycles. The van der Waals surface area contributed by atoms with Crippen LogP contribution in [0.2, 0.25) is 0 Å². The number of carbonyl (C=O) groups excluding carboxylic acids is 7. The van der Waals surface area contributed by atoms with Gasteiger partial charge in [-0.25, -0.2) is 9.55 Å². The highest BCUT2D eigenvalue weighted by atomic mass is 32.1. The average Bonchev–Trinajstić information content (AvgIpc) is 3.93. The second-order valence-corrected chi connectivity index (χ2v) is 16.3. The largest absolute Gasteiger partial charge is 0.472 e. The highest BCUT2D eigenvalue weighted by molar-refractivity contribution is 7.80. The lowest BCUT2D eigenvalue weighted by Crippen LogP contribution is -2.61. The van der Waals surface area contributed by atoms with Gasteiger partial charge >= 0.3 is 7.82 Å². The summed E-state index contributed by atoms with van der Waals surface area (Å²) in [7, 11) is -3.74. The van der Waals surface area contributed by atoms with Crippen molar-refractivity contribution in [3.8, 4) is 0 Å². The molecule has 0 spiro atoms. The van der Waals surface area contributed by atoms with Crippen LogP contribution in [-0.2, 0) is 63.1 Å². The maximum atomic E-state index is 13.9. The van der Waals surface area contributed by atoms with E-state index in [0.717, 1.165) is 14.0 Å². The average molecular weight is 909 g/mol. The minimum Gasteiger partial charge on any atom is -0.394 e. The van der Waals surface area contributed by atoms with Crippen LogP contribution in [0.1, 0.15) is 52.1 Å². The van der Waals surface area contributed by atoms with Crippen LogP contribution in [0.25, 0.3) is 0 Å². The molecule has 0 aromatic carbocycles. The first-order chi connectivity index (χ1) is 28.8. The van der Waals surface area contributed by atoms with Crippen LogP contribution in [0.3, 0.4) is 0 Å². The number of aliphatic hydroxyl groups excluding tert-OH is 1. The summed E-state index contributed by atoms with van der Waals surface area (Å²) in [4.78, 5) is 109. The molecule has 12 N–H and O–H groups in total. The standard InChI is InChI=1S/C35H61N10O14PS/c1-20(2)14-24(42-35(53)27-6-5-9-45(27)28(47)7-10-57-12-13-58-11-8-39-31(49)23(36)18-61)32(50)41-25(15-22-16-38-19-40-22)33(51)43-26(17-46)34(52)44-29(30(37)48)21(3)59-60(54,55)56-4/h16,19-21,23-27,29,46,61H,5-15,17-18,36H2,1-4H3,(H2,37,48)(H,38,40)(H,39,49)(H,41,50)(H,42,53)(H,43,51)(H,44,52)(H,54,55)/t21-,23+,24+,25+,26+,27+,29+/m1/s1. The molecule has 2 rings (SSSR count). The first kappa shape index (κ1) is 52.9. The van der Waals surface area contributed by atoms with E-state index in [9.17, 15) is 48.1 Å². The number of likely N-dealkylation sites (tertiary alicyclic amines) is 1. The zero-order valence-corrected chi connectivity index (χ0v) is 36.5. The van der Waals surface area contributed by atoms with E-state index < -0.39 is 86.3 Å². The molecule has 26 heteroatoms. The number of aromatic amines is 1. The number of nitrogens with two attached hydrogens (primary N) is 2. The smallest absolute Gasteiger partial charge is 0.394 e. The van der Waals surface area contributed by atoms with E-state index in [0.29, 0.717) is 25.1 Å². The van der Waals surface area contributed by atoms with Gasteiger partial charge in [-0.05, 0) is 32.1 Å². The summed E-state index contributed by atoms with van der Waals surface area (Å²) in [6.07, 6.45) is 2.09. The molecule has 346 valence electrons. The number of amides is 7. The van der Waals surface area contributed by atoms with Crippen molar-refractivity contribution in [3.63, 3.8) is 0 Å². The van der Waals surface area contributed by atoms with Gasteiger partial charge in [0.2, 0.25) is 41.4 Å². The minimum absolute atomic E-state index is 0.0108. The van der Waals surface area contributed by atoms with Crippen LogP contribution in [0, 0.1) is 5.92 Å². The third kappa shape index (κ3) is 18.8. The predicted molar refractivity (Wildman–Crippen MR) is 219 cm³/mol. The number of hydrogen-bond acceptors (Lipinski definition) is 16. The Labute approximate surface area is 359 Å². The maximum Gasteiger partial charge on any atom is 0.472 e. The summed E-state index contributed by atoms with van der Waals surface area (Å²) in [5, 5.41) is 22.5. The SMILES string of the molecule is COP(=O)(O)O[C@H](C)[C@H](NC(=O)[C@H](CO)NC(=O)[C@H](Cc1cnc[nH]1)NC(=O)[C@H](CC(C)C)NC(=O)[C@@H]1CCCN1C(=O)CCOCCOCCNC(=O)[C@@H](N)CS)C(N)=O. The molecule has 1 saturated heterocycles. The third-order valence-electron chi connectivity index (χ3n) is 9.16. The van der Waals surface area contributed by atoms with Gasteiger partial charge in [0.1, 0.15) is 30.2 Å². The highest BCUT2D eigenvalue weighted by Crippen LogP contribution is 2.43. The fourth-order valence-corrected chi connectivity index (χ4v) is 6.74. The molecule has 0 bridgehead atoms. The number of aromatic nitrogens is 2. The van der Waals surface area contributed by atoms with Crippen molar-refractivity contribution in [2.45, 2.75) is 95.2 Å². The molecule has 1 fully saturated rings. The number of phosphoric ester groups is 1. The van der Waals surface area contributed by atoms with E-state index in [1.807, 2.05) is 13.8 Å². The Hall–Kier alpha value is -4.20. The molecule has 1 aromatic heterocycles. The summed E-state index contributed by atoms with van der Waals surface area (Å²) in [5.41, 5.74) is 11.3. The van der Waals surface area contributed by atoms with Gasteiger partial charge in [-0.1, -0.05) is 13.8 Å². The number of nitrogens with zero attached hydrogens (tertiary/aromatic N) is 2. The maximum absolute atomic E-state index is 13.9. The lowest BCUT2D eigenvalue weighted by Gasteiger charge is -2.29. The number of aliphatic hydroxyl groups is 1. The number of H-pyrrole nitrogens is 1. The van der Waals surface area contributed by atoms with Crippen molar-refractivity contribution in [2.24, 2.45) is 17.4 Å². The molecule has 61 heavy (non-hydrogen) atoms. The topological polar surface area (TPSA) is 358 Å². The van der Waals surface area contributed by atoms with Crippen molar-refractivity contribution < 1.29 is 66.6 Å². The lowest BCUT2D eigenvalue weighted by atomic mass is 10.0. The normalized spacial score (nSPS) is 17.9. The van der Waals surface area contributed by atoms with Gasteiger partial charge in [-0.2, -0.15) is 12.6 Å². The number of primary amides is 1. The Balaban J connectivity index is 2.06. The number of carbonyl (C=O) groups is 7. The molecule has 8 atom stereocenters. The van der Waals surface area contributed by atoms with Crippen LogP contribution in [-0.4, -0.2) is 168 Å². The van der Waals surface area contributed by atoms with Crippen molar-refractivity contribution in [1.82, 2.24) is 41.5 Å². The number of phosphoric acid groups is 1. The van der Waals surface area contributed by atoms with Gasteiger partial charge in [0.05, 0.1) is 57.9 Å². The van der Waals surface area contributed by atoms with Crippen molar-refractivity contribution in [2.75, 3.05) is 59.0 Å². The van der Waals surface area contributed by atoms with Crippen LogP contribution >= 0.6 is 20.5 Å². The quantitative estimate of drug-likeness (QED) is 0.0210. The van der Waals surface area contributed by atoms with E-state index in [-0.39, 0.29) is 75.7 Å². The first-order valence-corrected chi connectivity index (χ1v) is 21.7. The Bertz CT molecular complexity index is 1640. The molecule has 1 unspecified atom stereocenters. The molecule has 24 nitrogen and oxygen atoms in total. The number of thiol groups is 1. The minimum atomic E-state index is -4.62. The molecule has 2 heterocycles. The second kappa shape index (κ2) is 27.0. The van der Waals surface area contributed by atoms with Gasteiger partial charge in [0, 0.05) is 44.3 Å². The molecule has 0 aliphatic carbocycles. The van der Waals surface area contributed by atoms with Crippen LogP contribution in [0.4, 0.5) is 0 Å². The molecule has 1 aromatic rings. The second-order valence-electron chi connectivity index (χ2n) is 14.4. The van der Waals surface area contributed by atoms with Crippen LogP contribution in [0.15, 0.2) is 12.5 Å².